The molecule has 7 N–H and O–H groups in total. The number of rotatable bonds is 9. The molecule has 0 aliphatic heterocycles. The number of esters is 1. The van der Waals surface area contributed by atoms with Gasteiger partial charge in [0.1, 0.15) is 23.9 Å². The van der Waals surface area contributed by atoms with E-state index in [2.05, 4.69) is 15.6 Å². The van der Waals surface area contributed by atoms with Crippen molar-refractivity contribution in [2.24, 2.45) is 5.73 Å². The number of hydrogen-bond acceptors (Lipinski definition) is 8. The van der Waals surface area contributed by atoms with Gasteiger partial charge in [0.25, 0.3) is 5.56 Å². The highest BCUT2D eigenvalue weighted by Gasteiger charge is 2.18. The number of nitrogens with zero attached hydrogens (tertiary/aromatic N) is 2. The van der Waals surface area contributed by atoms with Gasteiger partial charge in [-0.05, 0) is 37.6 Å². The van der Waals surface area contributed by atoms with Crippen LogP contribution in [0.5, 0.6) is 0 Å². The Morgan fingerprint density at radius 1 is 1.14 bits per heavy atom. The summed E-state index contributed by atoms with van der Waals surface area (Å²) in [5, 5.41) is 13.3. The van der Waals surface area contributed by atoms with E-state index in [9.17, 15) is 14.4 Å². The fourth-order valence-corrected chi connectivity index (χ4v) is 3.50. The largest absolute Gasteiger partial charge is 0.465 e. The van der Waals surface area contributed by atoms with Gasteiger partial charge >= 0.3 is 5.97 Å². The van der Waals surface area contributed by atoms with Crippen LogP contribution < -0.4 is 27.7 Å². The first kappa shape index (κ1) is 25.9. The van der Waals surface area contributed by atoms with Gasteiger partial charge in [-0.2, -0.15) is 0 Å². The molecule has 0 fully saturated rings. The van der Waals surface area contributed by atoms with Gasteiger partial charge in [-0.1, -0.05) is 24.3 Å². The smallest absolute Gasteiger partial charge is 0.337 e. The van der Waals surface area contributed by atoms with E-state index in [1.54, 1.807) is 30.3 Å². The number of ether oxygens (including phenoxy) is 1. The van der Waals surface area contributed by atoms with Gasteiger partial charge in [-0.15, -0.1) is 0 Å². The predicted octanol–water partition coefficient (Wildman–Crippen LogP) is 1.70. The van der Waals surface area contributed by atoms with E-state index >= 15 is 0 Å². The van der Waals surface area contributed by atoms with Crippen molar-refractivity contribution < 1.29 is 14.3 Å². The number of carbonyl (C=O) groups is 2. The Bertz CT molecular complexity index is 1350. The van der Waals surface area contributed by atoms with Crippen molar-refractivity contribution in [3.05, 3.63) is 75.7 Å². The molecular weight excluding hydrogens is 462 g/mol. The maximum atomic E-state index is 13.3. The Morgan fingerprint density at radius 3 is 2.44 bits per heavy atom. The van der Waals surface area contributed by atoms with Crippen LogP contribution in [-0.2, 0) is 22.6 Å². The van der Waals surface area contributed by atoms with Crippen molar-refractivity contribution in [1.82, 2.24) is 14.9 Å². The molecule has 1 aromatic heterocycles. The number of benzene rings is 2. The van der Waals surface area contributed by atoms with Crippen molar-refractivity contribution in [3.8, 4) is 11.4 Å². The van der Waals surface area contributed by atoms with Crippen LogP contribution in [0.15, 0.2) is 53.5 Å². The number of methoxy groups -OCH3 is 1. The summed E-state index contributed by atoms with van der Waals surface area (Å²) in [5.74, 6) is -0.886. The minimum absolute atomic E-state index is 0.0381. The van der Waals surface area contributed by atoms with Crippen molar-refractivity contribution in [2.45, 2.75) is 33.0 Å². The molecule has 11 heteroatoms. The van der Waals surface area contributed by atoms with Crippen LogP contribution in [0.1, 0.15) is 35.3 Å². The van der Waals surface area contributed by atoms with Gasteiger partial charge in [0.05, 0.1) is 18.9 Å². The van der Waals surface area contributed by atoms with Gasteiger partial charge in [0, 0.05) is 29.4 Å². The maximum Gasteiger partial charge on any atom is 0.337 e. The monoisotopic (exact) mass is 491 g/mol. The van der Waals surface area contributed by atoms with Crippen LogP contribution in [0.2, 0.25) is 0 Å². The molecule has 0 bridgehead atoms. The Balaban J connectivity index is 1.93. The van der Waals surface area contributed by atoms with Crippen LogP contribution in [0.25, 0.3) is 11.4 Å². The Hall–Kier alpha value is -4.67. The van der Waals surface area contributed by atoms with Crippen LogP contribution >= 0.6 is 0 Å². The molecule has 0 atom stereocenters. The Labute approximate surface area is 208 Å². The topological polar surface area (TPSA) is 178 Å². The fraction of sp³-hybridized carbons (Fsp3) is 0.240. The third kappa shape index (κ3) is 6.26. The normalized spacial score (nSPS) is 10.7. The molecule has 0 aliphatic rings. The van der Waals surface area contributed by atoms with E-state index in [0.29, 0.717) is 11.1 Å². The molecule has 0 aliphatic carbocycles. The first-order chi connectivity index (χ1) is 17.1. The third-order valence-corrected chi connectivity index (χ3v) is 5.18. The number of carbonyl (C=O) groups excluding carboxylic acids is 2. The number of amidine groups is 1. The summed E-state index contributed by atoms with van der Waals surface area (Å²) in [7, 11) is 1.25. The summed E-state index contributed by atoms with van der Waals surface area (Å²) >= 11 is 0. The van der Waals surface area contributed by atoms with Gasteiger partial charge in [0.15, 0.2) is 0 Å². The van der Waals surface area contributed by atoms with E-state index in [4.69, 9.17) is 21.6 Å². The molecule has 0 spiro atoms. The van der Waals surface area contributed by atoms with E-state index in [0.717, 1.165) is 5.56 Å². The number of nitrogen functional groups attached to an aromatic ring is 2. The Kier molecular flexibility index (Phi) is 8.05. The second-order valence-electron chi connectivity index (χ2n) is 8.41. The molecule has 188 valence electrons. The summed E-state index contributed by atoms with van der Waals surface area (Å²) in [4.78, 5) is 42.6. The van der Waals surface area contributed by atoms with E-state index in [-0.39, 0.29) is 47.7 Å². The lowest BCUT2D eigenvalue weighted by atomic mass is 10.1. The zero-order chi connectivity index (χ0) is 26.4. The SMILES string of the molecule is COC(=O)c1cc(N)cc(-c2ncc(NC(C)C)c(=O)n2CC(=O)NCc2ccc(C(=N)N)cc2)c1. The van der Waals surface area contributed by atoms with Crippen LogP contribution in [0.4, 0.5) is 11.4 Å². The maximum absolute atomic E-state index is 13.3. The van der Waals surface area contributed by atoms with Crippen molar-refractivity contribution in [3.63, 3.8) is 0 Å². The standard InChI is InChI=1S/C25H29N7O4/c1-14(2)31-20-12-30-23(17-8-18(25(35)36-3)10-19(26)9-17)32(24(20)34)13-21(33)29-11-15-4-6-16(7-5-15)22(27)28/h4-10,12,14,31H,11,13,26H2,1-3H3,(H3,27,28)(H,29,33). The van der Waals surface area contributed by atoms with Gasteiger partial charge < -0.3 is 26.8 Å². The number of aromatic nitrogens is 2. The molecule has 36 heavy (non-hydrogen) atoms. The number of nitrogens with one attached hydrogen (secondary N) is 3. The average Bonchev–Trinajstić information content (AvgIpc) is 2.84. The van der Waals surface area contributed by atoms with Gasteiger partial charge in [0.2, 0.25) is 5.91 Å². The van der Waals surface area contributed by atoms with Crippen LogP contribution in [0, 0.1) is 5.41 Å². The molecule has 3 aromatic rings. The number of anilines is 2. The highest BCUT2D eigenvalue weighted by molar-refractivity contribution is 5.95. The van der Waals surface area contributed by atoms with E-state index in [1.807, 2.05) is 13.8 Å². The number of amides is 1. The third-order valence-electron chi connectivity index (χ3n) is 5.18. The van der Waals surface area contributed by atoms with E-state index < -0.39 is 17.4 Å². The van der Waals surface area contributed by atoms with Crippen molar-refractivity contribution in [1.29, 1.82) is 5.41 Å². The highest BCUT2D eigenvalue weighted by Crippen LogP contribution is 2.23. The first-order valence-corrected chi connectivity index (χ1v) is 11.1. The second-order valence-corrected chi connectivity index (χ2v) is 8.41. The van der Waals surface area contributed by atoms with Gasteiger partial charge in [-0.3, -0.25) is 19.6 Å². The number of nitrogens with two attached hydrogens (primary N) is 2. The first-order valence-electron chi connectivity index (χ1n) is 11.1. The minimum atomic E-state index is -0.593. The lowest BCUT2D eigenvalue weighted by Gasteiger charge is -2.16. The summed E-state index contributed by atoms with van der Waals surface area (Å²) in [6.07, 6.45) is 1.39. The quantitative estimate of drug-likeness (QED) is 0.130. The fourth-order valence-electron chi connectivity index (χ4n) is 3.50. The summed E-state index contributed by atoms with van der Waals surface area (Å²) < 4.78 is 6.01. The second kappa shape index (κ2) is 11.2. The molecule has 0 saturated carbocycles. The molecule has 0 radical (unpaired) electrons. The van der Waals surface area contributed by atoms with Crippen molar-refractivity contribution in [2.75, 3.05) is 18.2 Å². The Morgan fingerprint density at radius 2 is 1.83 bits per heavy atom. The minimum Gasteiger partial charge on any atom is -0.465 e. The number of hydrogen-bond donors (Lipinski definition) is 5. The lowest BCUT2D eigenvalue weighted by Crippen LogP contribution is -2.35. The summed E-state index contributed by atoms with van der Waals surface area (Å²) in [6.45, 7) is 3.65. The summed E-state index contributed by atoms with van der Waals surface area (Å²) in [5.41, 5.74) is 13.5. The van der Waals surface area contributed by atoms with Crippen LogP contribution in [-0.4, -0.2) is 40.4 Å². The molecule has 2 aromatic carbocycles. The van der Waals surface area contributed by atoms with E-state index in [1.165, 1.54) is 30.0 Å². The van der Waals surface area contributed by atoms with Crippen molar-refractivity contribution >= 4 is 29.1 Å². The lowest BCUT2D eigenvalue weighted by molar-refractivity contribution is -0.121. The zero-order valence-electron chi connectivity index (χ0n) is 20.3. The zero-order valence-corrected chi connectivity index (χ0v) is 20.3. The molecule has 0 unspecified atom stereocenters. The van der Waals surface area contributed by atoms with Gasteiger partial charge in [-0.25, -0.2) is 9.78 Å². The molecule has 11 nitrogen and oxygen atoms in total. The predicted molar refractivity (Wildman–Crippen MR) is 138 cm³/mol. The molecule has 1 heterocycles. The highest BCUT2D eigenvalue weighted by atomic mass is 16.5. The molecular formula is C25H29N7O4. The average molecular weight is 492 g/mol. The molecule has 0 saturated heterocycles. The molecule has 1 amide bonds. The molecule has 3 rings (SSSR count). The summed E-state index contributed by atoms with van der Waals surface area (Å²) in [6, 6.07) is 11.4. The van der Waals surface area contributed by atoms with Crippen LogP contribution in [0.3, 0.4) is 0 Å².